The lowest BCUT2D eigenvalue weighted by atomic mass is 10.1. The van der Waals surface area contributed by atoms with Gasteiger partial charge in [0, 0.05) is 19.6 Å². The Morgan fingerprint density at radius 2 is 1.87 bits per heavy atom. The molecule has 23 heavy (non-hydrogen) atoms. The molecule has 0 saturated heterocycles. The van der Waals surface area contributed by atoms with Crippen molar-refractivity contribution >= 4 is 17.4 Å². The van der Waals surface area contributed by atoms with Crippen molar-refractivity contribution in [3.8, 4) is 0 Å². The van der Waals surface area contributed by atoms with Crippen LogP contribution in [0.2, 0.25) is 0 Å². The van der Waals surface area contributed by atoms with Gasteiger partial charge in [0.05, 0.1) is 6.10 Å². The highest BCUT2D eigenvalue weighted by Crippen LogP contribution is 2.14. The maximum absolute atomic E-state index is 11.8. The molecule has 1 atom stereocenters. The number of rotatable bonds is 7. The number of carbonyl (C=O) groups is 1. The SMILES string of the molecule is CN(C)Cc1ccc(CNC(=O)NCC(O)c2ccsc2)cc1. The minimum Gasteiger partial charge on any atom is -0.387 e. The van der Waals surface area contributed by atoms with E-state index in [2.05, 4.69) is 27.7 Å². The molecule has 0 aliphatic rings. The molecule has 3 N–H and O–H groups in total. The Balaban J connectivity index is 1.71. The Hall–Kier alpha value is -1.89. The van der Waals surface area contributed by atoms with Gasteiger partial charge in [0.15, 0.2) is 0 Å². The Labute approximate surface area is 140 Å². The molecule has 5 nitrogen and oxygen atoms in total. The van der Waals surface area contributed by atoms with E-state index >= 15 is 0 Å². The summed E-state index contributed by atoms with van der Waals surface area (Å²) in [5.41, 5.74) is 3.11. The molecule has 0 spiro atoms. The Bertz CT molecular complexity index is 597. The van der Waals surface area contributed by atoms with Crippen LogP contribution in [-0.2, 0) is 13.1 Å². The van der Waals surface area contributed by atoms with Crippen LogP contribution in [0, 0.1) is 0 Å². The molecule has 2 amide bonds. The number of nitrogens with one attached hydrogen (secondary N) is 2. The molecule has 2 aromatic rings. The number of benzene rings is 1. The van der Waals surface area contributed by atoms with E-state index in [-0.39, 0.29) is 12.6 Å². The largest absolute Gasteiger partial charge is 0.387 e. The van der Waals surface area contributed by atoms with Gasteiger partial charge in [0.2, 0.25) is 0 Å². The van der Waals surface area contributed by atoms with E-state index in [1.54, 1.807) is 0 Å². The van der Waals surface area contributed by atoms with Gasteiger partial charge in [-0.3, -0.25) is 0 Å². The zero-order valence-electron chi connectivity index (χ0n) is 13.5. The lowest BCUT2D eigenvalue weighted by Gasteiger charge is -2.12. The van der Waals surface area contributed by atoms with Crippen molar-refractivity contribution in [2.24, 2.45) is 0 Å². The highest BCUT2D eigenvalue weighted by molar-refractivity contribution is 7.07. The summed E-state index contributed by atoms with van der Waals surface area (Å²) in [5.74, 6) is 0. The van der Waals surface area contributed by atoms with Crippen molar-refractivity contribution in [3.63, 3.8) is 0 Å². The normalized spacial score (nSPS) is 12.2. The average molecular weight is 333 g/mol. The molecule has 0 bridgehead atoms. The van der Waals surface area contributed by atoms with Crippen LogP contribution in [-0.4, -0.2) is 36.7 Å². The molecule has 0 fully saturated rings. The number of aliphatic hydroxyl groups is 1. The summed E-state index contributed by atoms with van der Waals surface area (Å²) >= 11 is 1.52. The van der Waals surface area contributed by atoms with Crippen molar-refractivity contribution in [1.29, 1.82) is 0 Å². The number of carbonyl (C=O) groups excluding carboxylic acids is 1. The number of urea groups is 1. The highest BCUT2D eigenvalue weighted by atomic mass is 32.1. The Morgan fingerprint density at radius 3 is 2.48 bits per heavy atom. The lowest BCUT2D eigenvalue weighted by Crippen LogP contribution is -2.37. The minimum absolute atomic E-state index is 0.199. The van der Waals surface area contributed by atoms with E-state index in [0.29, 0.717) is 6.54 Å². The predicted molar refractivity (Wildman–Crippen MR) is 93.4 cm³/mol. The number of nitrogens with zero attached hydrogens (tertiary/aromatic N) is 1. The van der Waals surface area contributed by atoms with E-state index in [1.807, 2.05) is 43.1 Å². The second-order valence-electron chi connectivity index (χ2n) is 5.69. The summed E-state index contributed by atoms with van der Waals surface area (Å²) in [6, 6.07) is 9.73. The molecule has 1 aromatic carbocycles. The molecule has 124 valence electrons. The number of thiophene rings is 1. The van der Waals surface area contributed by atoms with E-state index in [1.165, 1.54) is 16.9 Å². The topological polar surface area (TPSA) is 64.6 Å². The first-order chi connectivity index (χ1) is 11.0. The predicted octanol–water partition coefficient (Wildman–Crippen LogP) is 2.34. The number of hydrogen-bond donors (Lipinski definition) is 3. The quantitative estimate of drug-likeness (QED) is 0.729. The van der Waals surface area contributed by atoms with Crippen molar-refractivity contribution in [3.05, 3.63) is 57.8 Å². The maximum atomic E-state index is 11.8. The average Bonchev–Trinajstić information content (AvgIpc) is 3.06. The third-order valence-corrected chi connectivity index (χ3v) is 4.06. The molecular weight excluding hydrogens is 310 g/mol. The summed E-state index contributed by atoms with van der Waals surface area (Å²) in [5, 5.41) is 19.1. The van der Waals surface area contributed by atoms with Crippen LogP contribution in [0.4, 0.5) is 4.79 Å². The maximum Gasteiger partial charge on any atom is 0.315 e. The zero-order valence-corrected chi connectivity index (χ0v) is 14.3. The van der Waals surface area contributed by atoms with Gasteiger partial charge in [0.25, 0.3) is 0 Å². The molecule has 1 aromatic heterocycles. The fourth-order valence-corrected chi connectivity index (χ4v) is 2.85. The van der Waals surface area contributed by atoms with Crippen LogP contribution < -0.4 is 10.6 Å². The second-order valence-corrected chi connectivity index (χ2v) is 6.47. The Kier molecular flexibility index (Phi) is 6.58. The summed E-state index contributed by atoms with van der Waals surface area (Å²) in [7, 11) is 4.06. The van der Waals surface area contributed by atoms with E-state index in [4.69, 9.17) is 0 Å². The number of amides is 2. The van der Waals surface area contributed by atoms with Gasteiger partial charge in [0.1, 0.15) is 0 Å². The van der Waals surface area contributed by atoms with E-state index in [0.717, 1.165) is 17.7 Å². The fourth-order valence-electron chi connectivity index (χ4n) is 2.14. The molecule has 0 radical (unpaired) electrons. The third-order valence-electron chi connectivity index (χ3n) is 3.36. The van der Waals surface area contributed by atoms with Crippen LogP contribution in [0.1, 0.15) is 22.8 Å². The molecule has 1 heterocycles. The van der Waals surface area contributed by atoms with Gasteiger partial charge in [-0.05, 0) is 47.6 Å². The smallest absolute Gasteiger partial charge is 0.315 e. The van der Waals surface area contributed by atoms with Gasteiger partial charge < -0.3 is 20.6 Å². The van der Waals surface area contributed by atoms with Crippen molar-refractivity contribution in [1.82, 2.24) is 15.5 Å². The first kappa shape index (κ1) is 17.5. The summed E-state index contributed by atoms with van der Waals surface area (Å²) < 4.78 is 0. The molecule has 1 unspecified atom stereocenters. The van der Waals surface area contributed by atoms with Gasteiger partial charge in [-0.15, -0.1) is 0 Å². The second kappa shape index (κ2) is 8.67. The van der Waals surface area contributed by atoms with Crippen molar-refractivity contribution in [2.45, 2.75) is 19.2 Å². The summed E-state index contributed by atoms with van der Waals surface area (Å²) in [6.45, 7) is 1.56. The van der Waals surface area contributed by atoms with Gasteiger partial charge >= 0.3 is 6.03 Å². The zero-order chi connectivity index (χ0) is 16.7. The van der Waals surface area contributed by atoms with Gasteiger partial charge in [-0.1, -0.05) is 24.3 Å². The van der Waals surface area contributed by atoms with Gasteiger partial charge in [-0.2, -0.15) is 11.3 Å². The number of aliphatic hydroxyl groups excluding tert-OH is 1. The van der Waals surface area contributed by atoms with Crippen LogP contribution in [0.15, 0.2) is 41.1 Å². The highest BCUT2D eigenvalue weighted by Gasteiger charge is 2.09. The van der Waals surface area contributed by atoms with Crippen LogP contribution in [0.5, 0.6) is 0 Å². The molecule has 0 saturated carbocycles. The first-order valence-corrected chi connectivity index (χ1v) is 8.43. The monoisotopic (exact) mass is 333 g/mol. The molecule has 6 heteroatoms. The Morgan fingerprint density at radius 1 is 1.17 bits per heavy atom. The van der Waals surface area contributed by atoms with Crippen LogP contribution in [0.25, 0.3) is 0 Å². The first-order valence-electron chi connectivity index (χ1n) is 7.49. The van der Waals surface area contributed by atoms with Crippen LogP contribution in [0.3, 0.4) is 0 Å². The minimum atomic E-state index is -0.669. The molecule has 2 rings (SSSR count). The standard InChI is InChI=1S/C17H23N3O2S/c1-20(2)11-14-5-3-13(4-6-14)9-18-17(22)19-10-16(21)15-7-8-23-12-15/h3-8,12,16,21H,9-11H2,1-2H3,(H2,18,19,22). The van der Waals surface area contributed by atoms with Crippen LogP contribution >= 0.6 is 11.3 Å². The van der Waals surface area contributed by atoms with E-state index in [9.17, 15) is 9.90 Å². The summed E-state index contributed by atoms with van der Waals surface area (Å²) in [4.78, 5) is 13.9. The molecular formula is C17H23N3O2S. The van der Waals surface area contributed by atoms with Crippen molar-refractivity contribution in [2.75, 3.05) is 20.6 Å². The molecule has 0 aliphatic carbocycles. The van der Waals surface area contributed by atoms with Crippen molar-refractivity contribution < 1.29 is 9.90 Å². The molecule has 0 aliphatic heterocycles. The fraction of sp³-hybridized carbons (Fsp3) is 0.353. The summed E-state index contributed by atoms with van der Waals surface area (Å²) in [6.07, 6.45) is -0.669. The third kappa shape index (κ3) is 6.02. The lowest BCUT2D eigenvalue weighted by molar-refractivity contribution is 0.173. The van der Waals surface area contributed by atoms with E-state index < -0.39 is 6.10 Å². The van der Waals surface area contributed by atoms with Gasteiger partial charge in [-0.25, -0.2) is 4.79 Å². The number of hydrogen-bond acceptors (Lipinski definition) is 4.